The summed E-state index contributed by atoms with van der Waals surface area (Å²) in [6.45, 7) is 4.99. The van der Waals surface area contributed by atoms with Crippen LogP contribution < -0.4 is 4.72 Å². The van der Waals surface area contributed by atoms with Crippen molar-refractivity contribution in [2.75, 3.05) is 19.8 Å². The maximum Gasteiger partial charge on any atom is 0.335 e. The van der Waals surface area contributed by atoms with E-state index in [2.05, 4.69) is 4.72 Å². The molecule has 0 aromatic heterocycles. The van der Waals surface area contributed by atoms with E-state index < -0.39 is 16.0 Å². The molecule has 0 aliphatic carbocycles. The van der Waals surface area contributed by atoms with Crippen molar-refractivity contribution in [3.05, 3.63) is 29.8 Å². The van der Waals surface area contributed by atoms with E-state index in [1.54, 1.807) is 0 Å². The summed E-state index contributed by atoms with van der Waals surface area (Å²) in [6.07, 6.45) is 0. The lowest BCUT2D eigenvalue weighted by molar-refractivity contribution is 0.0696. The summed E-state index contributed by atoms with van der Waals surface area (Å²) in [6, 6.07) is 5.21. The molecule has 0 amide bonds. The highest BCUT2D eigenvalue weighted by Gasteiger charge is 2.15. The molecular weight excluding hydrogens is 282 g/mol. The first-order chi connectivity index (χ1) is 9.33. The Balaban J connectivity index is 2.60. The molecule has 1 aromatic rings. The molecule has 7 heteroatoms. The van der Waals surface area contributed by atoms with Crippen LogP contribution >= 0.6 is 0 Å². The Bertz CT molecular complexity index is 554. The minimum absolute atomic E-state index is 0.0658. The normalized spacial score (nSPS) is 11.8. The van der Waals surface area contributed by atoms with Gasteiger partial charge in [0.15, 0.2) is 0 Å². The number of rotatable bonds is 8. The van der Waals surface area contributed by atoms with Crippen LogP contribution in [0.25, 0.3) is 0 Å². The van der Waals surface area contributed by atoms with Crippen molar-refractivity contribution in [2.45, 2.75) is 18.7 Å². The van der Waals surface area contributed by atoms with Gasteiger partial charge in [-0.05, 0) is 24.1 Å². The Kier molecular flexibility index (Phi) is 6.12. The van der Waals surface area contributed by atoms with Gasteiger partial charge in [-0.2, -0.15) is 0 Å². The van der Waals surface area contributed by atoms with Crippen molar-refractivity contribution >= 4 is 16.0 Å². The molecule has 0 fully saturated rings. The number of carboxylic acids is 1. The highest BCUT2D eigenvalue weighted by Crippen LogP contribution is 2.11. The molecule has 20 heavy (non-hydrogen) atoms. The molecule has 0 saturated carbocycles. The van der Waals surface area contributed by atoms with Crippen molar-refractivity contribution in [1.29, 1.82) is 0 Å². The van der Waals surface area contributed by atoms with Crippen molar-refractivity contribution in [3.63, 3.8) is 0 Å². The lowest BCUT2D eigenvalue weighted by atomic mass is 10.2. The van der Waals surface area contributed by atoms with Crippen LogP contribution in [0.2, 0.25) is 0 Å². The smallest absolute Gasteiger partial charge is 0.335 e. The monoisotopic (exact) mass is 301 g/mol. The molecule has 0 atom stereocenters. The molecule has 6 nitrogen and oxygen atoms in total. The lowest BCUT2D eigenvalue weighted by Crippen LogP contribution is -2.28. The van der Waals surface area contributed by atoms with E-state index in [4.69, 9.17) is 9.84 Å². The summed E-state index contributed by atoms with van der Waals surface area (Å²) in [5.41, 5.74) is -0.0658. The van der Waals surface area contributed by atoms with Gasteiger partial charge in [0.2, 0.25) is 10.0 Å². The molecule has 0 heterocycles. The number of ether oxygens (including phenoxy) is 1. The number of sulfonamides is 1. The van der Waals surface area contributed by atoms with E-state index in [-0.39, 0.29) is 23.6 Å². The third kappa shape index (κ3) is 5.28. The van der Waals surface area contributed by atoms with Crippen molar-refractivity contribution in [3.8, 4) is 0 Å². The summed E-state index contributed by atoms with van der Waals surface area (Å²) >= 11 is 0. The van der Waals surface area contributed by atoms with Crippen molar-refractivity contribution < 1.29 is 23.1 Å². The Morgan fingerprint density at radius 2 is 2.10 bits per heavy atom. The molecule has 0 aliphatic rings. The second-order valence-electron chi connectivity index (χ2n) is 4.70. The Hall–Kier alpha value is -1.44. The molecule has 2 N–H and O–H groups in total. The molecule has 0 spiro atoms. The minimum Gasteiger partial charge on any atom is -0.478 e. The van der Waals surface area contributed by atoms with Gasteiger partial charge in [-0.3, -0.25) is 0 Å². The third-order valence-electron chi connectivity index (χ3n) is 2.38. The van der Waals surface area contributed by atoms with Crippen LogP contribution in [0, 0.1) is 5.92 Å². The Morgan fingerprint density at radius 3 is 2.70 bits per heavy atom. The van der Waals surface area contributed by atoms with Gasteiger partial charge < -0.3 is 9.84 Å². The Labute approximate surface area is 118 Å². The highest BCUT2D eigenvalue weighted by atomic mass is 32.2. The molecule has 0 unspecified atom stereocenters. The van der Waals surface area contributed by atoms with Crippen LogP contribution in [-0.2, 0) is 14.8 Å². The largest absolute Gasteiger partial charge is 0.478 e. The van der Waals surface area contributed by atoms with Crippen LogP contribution in [0.15, 0.2) is 29.2 Å². The zero-order chi connectivity index (χ0) is 15.2. The van der Waals surface area contributed by atoms with Gasteiger partial charge >= 0.3 is 5.97 Å². The molecule has 1 aromatic carbocycles. The second kappa shape index (κ2) is 7.37. The first kappa shape index (κ1) is 16.6. The summed E-state index contributed by atoms with van der Waals surface area (Å²) in [5, 5.41) is 8.84. The minimum atomic E-state index is -3.71. The SMILES string of the molecule is CC(C)COCCNS(=O)(=O)c1cccc(C(=O)O)c1. The summed E-state index contributed by atoms with van der Waals surface area (Å²) in [7, 11) is -3.71. The van der Waals surface area contributed by atoms with Crippen LogP contribution in [0.4, 0.5) is 0 Å². The van der Waals surface area contributed by atoms with Crippen molar-refractivity contribution in [1.82, 2.24) is 4.72 Å². The number of carboxylic acid groups (broad SMARTS) is 1. The fraction of sp³-hybridized carbons (Fsp3) is 0.462. The maximum absolute atomic E-state index is 11.9. The predicted molar refractivity (Wildman–Crippen MR) is 74.2 cm³/mol. The fourth-order valence-corrected chi connectivity index (χ4v) is 2.51. The van der Waals surface area contributed by atoms with Gasteiger partial charge in [0.1, 0.15) is 0 Å². The molecule has 1 rings (SSSR count). The first-order valence-electron chi connectivity index (χ1n) is 6.23. The highest BCUT2D eigenvalue weighted by molar-refractivity contribution is 7.89. The van der Waals surface area contributed by atoms with Gasteiger partial charge in [-0.25, -0.2) is 17.9 Å². The van der Waals surface area contributed by atoms with E-state index >= 15 is 0 Å². The van der Waals surface area contributed by atoms with Gasteiger partial charge in [-0.1, -0.05) is 19.9 Å². The van der Waals surface area contributed by atoms with Crippen molar-refractivity contribution in [2.24, 2.45) is 5.92 Å². The zero-order valence-electron chi connectivity index (χ0n) is 11.5. The molecule has 0 aliphatic heterocycles. The first-order valence-corrected chi connectivity index (χ1v) is 7.72. The molecule has 112 valence electrons. The quantitative estimate of drug-likeness (QED) is 0.707. The fourth-order valence-electron chi connectivity index (χ4n) is 1.45. The zero-order valence-corrected chi connectivity index (χ0v) is 12.3. The van der Waals surface area contributed by atoms with E-state index in [1.807, 2.05) is 13.8 Å². The molecule has 0 bridgehead atoms. The van der Waals surface area contributed by atoms with Crippen LogP contribution in [0.5, 0.6) is 0 Å². The van der Waals surface area contributed by atoms with Crippen LogP contribution in [0.1, 0.15) is 24.2 Å². The Morgan fingerprint density at radius 1 is 1.40 bits per heavy atom. The average molecular weight is 301 g/mol. The number of hydrogen-bond donors (Lipinski definition) is 2. The summed E-state index contributed by atoms with van der Waals surface area (Å²) in [4.78, 5) is 10.7. The molecular formula is C13H19NO5S. The maximum atomic E-state index is 11.9. The van der Waals surface area contributed by atoms with Gasteiger partial charge in [-0.15, -0.1) is 0 Å². The van der Waals surface area contributed by atoms with E-state index in [1.165, 1.54) is 18.2 Å². The number of aromatic carboxylic acids is 1. The molecule has 0 radical (unpaired) electrons. The van der Waals surface area contributed by atoms with E-state index in [9.17, 15) is 13.2 Å². The van der Waals surface area contributed by atoms with Crippen LogP contribution in [-0.4, -0.2) is 39.3 Å². The van der Waals surface area contributed by atoms with Crippen LogP contribution in [0.3, 0.4) is 0 Å². The second-order valence-corrected chi connectivity index (χ2v) is 6.47. The number of nitrogens with one attached hydrogen (secondary N) is 1. The predicted octanol–water partition coefficient (Wildman–Crippen LogP) is 1.34. The summed E-state index contributed by atoms with van der Waals surface area (Å²) in [5.74, 6) is -0.777. The average Bonchev–Trinajstić information content (AvgIpc) is 2.38. The van der Waals surface area contributed by atoms with E-state index in [0.29, 0.717) is 12.5 Å². The van der Waals surface area contributed by atoms with Gasteiger partial charge in [0.05, 0.1) is 17.1 Å². The standard InChI is InChI=1S/C13H19NO5S/c1-10(2)9-19-7-6-14-20(17,18)12-5-3-4-11(8-12)13(15)16/h3-5,8,10,14H,6-7,9H2,1-2H3,(H,15,16). The number of benzene rings is 1. The summed E-state index contributed by atoms with van der Waals surface area (Å²) < 4.78 is 31.5. The topological polar surface area (TPSA) is 92.7 Å². The number of carbonyl (C=O) groups is 1. The lowest BCUT2D eigenvalue weighted by Gasteiger charge is -2.09. The van der Waals surface area contributed by atoms with Gasteiger partial charge in [0.25, 0.3) is 0 Å². The number of hydrogen-bond acceptors (Lipinski definition) is 4. The third-order valence-corrected chi connectivity index (χ3v) is 3.84. The van der Waals surface area contributed by atoms with E-state index in [0.717, 1.165) is 6.07 Å². The molecule has 0 saturated heterocycles. The van der Waals surface area contributed by atoms with Gasteiger partial charge in [0, 0.05) is 13.2 Å².